The highest BCUT2D eigenvalue weighted by molar-refractivity contribution is 8.23. The summed E-state index contributed by atoms with van der Waals surface area (Å²) in [5.74, 6) is -0.721. The minimum atomic E-state index is -0.613. The lowest BCUT2D eigenvalue weighted by Gasteiger charge is -2.24. The molecule has 0 aliphatic carbocycles. The highest BCUT2D eigenvalue weighted by Gasteiger charge is 2.25. The molecule has 0 saturated carbocycles. The van der Waals surface area contributed by atoms with Gasteiger partial charge in [-0.25, -0.2) is 9.59 Å². The van der Waals surface area contributed by atoms with Crippen molar-refractivity contribution in [3.8, 4) is 0 Å². The van der Waals surface area contributed by atoms with Crippen LogP contribution in [0, 0.1) is 0 Å². The molecule has 15 nitrogen and oxygen atoms in total. The second-order valence-corrected chi connectivity index (χ2v) is 10.5. The smallest absolute Gasteiger partial charge is 0.407 e. The summed E-state index contributed by atoms with van der Waals surface area (Å²) in [5.41, 5.74) is 0. The van der Waals surface area contributed by atoms with Gasteiger partial charge in [0.25, 0.3) is 0 Å². The normalized spacial score (nSPS) is 12.3. The molecule has 1 aliphatic rings. The van der Waals surface area contributed by atoms with Crippen molar-refractivity contribution in [3.05, 3.63) is 0 Å². The van der Waals surface area contributed by atoms with Crippen LogP contribution in [0.1, 0.15) is 34.1 Å². The Morgan fingerprint density at radius 1 is 0.864 bits per heavy atom. The van der Waals surface area contributed by atoms with E-state index in [9.17, 15) is 24.0 Å². The Bertz CT molecular complexity index is 868. The lowest BCUT2D eigenvalue weighted by atomic mass is 10.4. The number of esters is 2. The predicted octanol–water partition coefficient (Wildman–Crippen LogP) is 0.583. The molecule has 0 unspecified atom stereocenters. The Morgan fingerprint density at radius 2 is 1.57 bits per heavy atom. The van der Waals surface area contributed by atoms with E-state index in [4.69, 9.17) is 40.6 Å². The van der Waals surface area contributed by atoms with Crippen LogP contribution in [0.3, 0.4) is 0 Å². The number of hydrogen-bond donors (Lipinski definition) is 2. The molecule has 254 valence electrons. The molecule has 2 N–H and O–H groups in total. The average Bonchev–Trinajstić information content (AvgIpc) is 3.41. The minimum Gasteiger partial charge on any atom is -0.465 e. The van der Waals surface area contributed by atoms with Gasteiger partial charge in [-0.3, -0.25) is 24.2 Å². The number of nitrogens with zero attached hydrogens (tertiary/aromatic N) is 2. The standard InChI is InChI=1S/C17H27N3O7S2.C10H21NO4/c1-3-18-14(22)11-25-12-16(24)27-8-5-19(4-7-26-13(2)21)10-15(23)20-6-9-29-17(20)28;1-3-6-15-10(12)11-5-7-14-9-8-13-4-2/h3-12H2,1-2H3,(H,18,22);3-9H2,1-2H3,(H,11,12). The molecule has 0 aromatic carbocycles. The number of likely N-dealkylation sites (N-methyl/N-ethyl adjacent to an activating group) is 1. The summed E-state index contributed by atoms with van der Waals surface area (Å²) >= 11 is 6.61. The molecule has 0 radical (unpaired) electrons. The molecule has 0 aromatic heterocycles. The first kappa shape index (κ1) is 41.4. The van der Waals surface area contributed by atoms with E-state index in [0.717, 1.165) is 12.2 Å². The first-order valence-electron chi connectivity index (χ1n) is 14.5. The summed E-state index contributed by atoms with van der Waals surface area (Å²) in [5, 5.41) is 5.13. The number of carbonyl (C=O) groups excluding carboxylic acids is 5. The Labute approximate surface area is 269 Å². The maximum absolute atomic E-state index is 12.4. The SMILES string of the molecule is CCCOC(=O)NCCOCCOCC.CCNC(=O)COCC(=O)OCCN(CCOC(C)=O)CC(=O)N1CCSC1=S. The Kier molecular flexibility index (Phi) is 26.3. The van der Waals surface area contributed by atoms with Gasteiger partial charge in [0, 0.05) is 52.0 Å². The highest BCUT2D eigenvalue weighted by Crippen LogP contribution is 2.18. The Hall–Kier alpha value is -2.57. The van der Waals surface area contributed by atoms with Crippen molar-refractivity contribution in [2.75, 3.05) is 104 Å². The predicted molar refractivity (Wildman–Crippen MR) is 167 cm³/mol. The fraction of sp³-hybridized carbons (Fsp3) is 0.778. The maximum Gasteiger partial charge on any atom is 0.407 e. The lowest BCUT2D eigenvalue weighted by molar-refractivity contribution is -0.150. The van der Waals surface area contributed by atoms with Crippen LogP contribution in [0.4, 0.5) is 4.79 Å². The van der Waals surface area contributed by atoms with Crippen molar-refractivity contribution >= 4 is 58.1 Å². The number of ether oxygens (including phenoxy) is 6. The van der Waals surface area contributed by atoms with Crippen LogP contribution >= 0.6 is 24.0 Å². The molecule has 1 heterocycles. The number of carbonyl (C=O) groups is 5. The number of rotatable bonds is 22. The maximum atomic E-state index is 12.4. The van der Waals surface area contributed by atoms with Crippen LogP contribution in [-0.4, -0.2) is 148 Å². The van der Waals surface area contributed by atoms with Gasteiger partial charge in [-0.05, 0) is 20.3 Å². The minimum absolute atomic E-state index is 0.0237. The summed E-state index contributed by atoms with van der Waals surface area (Å²) in [6, 6.07) is 0. The van der Waals surface area contributed by atoms with Gasteiger partial charge in [0.15, 0.2) is 0 Å². The fourth-order valence-electron chi connectivity index (χ4n) is 3.13. The molecule has 0 atom stereocenters. The molecule has 3 amide bonds. The molecule has 44 heavy (non-hydrogen) atoms. The zero-order chi connectivity index (χ0) is 33.0. The Balaban J connectivity index is 0.00000104. The van der Waals surface area contributed by atoms with Crippen LogP contribution in [0.25, 0.3) is 0 Å². The zero-order valence-electron chi connectivity index (χ0n) is 26.2. The molecule has 17 heteroatoms. The van der Waals surface area contributed by atoms with Gasteiger partial charge in [0.1, 0.15) is 30.7 Å². The first-order chi connectivity index (χ1) is 21.1. The van der Waals surface area contributed by atoms with Crippen LogP contribution in [0.15, 0.2) is 0 Å². The highest BCUT2D eigenvalue weighted by atomic mass is 32.2. The van der Waals surface area contributed by atoms with Gasteiger partial charge in [0.2, 0.25) is 11.8 Å². The van der Waals surface area contributed by atoms with Crippen LogP contribution < -0.4 is 10.6 Å². The number of amides is 3. The molecule has 1 rings (SSSR count). The van der Waals surface area contributed by atoms with Gasteiger partial charge in [0.05, 0.1) is 33.0 Å². The van der Waals surface area contributed by atoms with E-state index >= 15 is 0 Å². The van der Waals surface area contributed by atoms with Gasteiger partial charge in [-0.1, -0.05) is 30.9 Å². The van der Waals surface area contributed by atoms with E-state index < -0.39 is 11.9 Å². The third kappa shape index (κ3) is 23.8. The summed E-state index contributed by atoms with van der Waals surface area (Å²) in [7, 11) is 0. The van der Waals surface area contributed by atoms with Gasteiger partial charge in [-0.15, -0.1) is 0 Å². The Morgan fingerprint density at radius 3 is 2.18 bits per heavy atom. The lowest BCUT2D eigenvalue weighted by Crippen LogP contribution is -2.43. The molecule has 1 aliphatic heterocycles. The summed E-state index contributed by atoms with van der Waals surface area (Å²) in [4.78, 5) is 60.5. The summed E-state index contributed by atoms with van der Waals surface area (Å²) in [6.07, 6.45) is 0.448. The molecule has 0 aromatic rings. The average molecular weight is 669 g/mol. The third-order valence-electron chi connectivity index (χ3n) is 5.16. The van der Waals surface area contributed by atoms with Crippen LogP contribution in [0.5, 0.6) is 0 Å². The quantitative estimate of drug-likeness (QED) is 0.0711. The molecule has 1 fully saturated rings. The molecule has 0 spiro atoms. The number of hydrogen-bond acceptors (Lipinski definition) is 14. The number of thioether (sulfide) groups is 1. The van der Waals surface area contributed by atoms with Gasteiger partial charge in [-0.2, -0.15) is 0 Å². The molecular weight excluding hydrogens is 620 g/mol. The topological polar surface area (TPSA) is 171 Å². The largest absolute Gasteiger partial charge is 0.465 e. The monoisotopic (exact) mass is 668 g/mol. The van der Waals surface area contributed by atoms with Crippen molar-refractivity contribution in [3.63, 3.8) is 0 Å². The van der Waals surface area contributed by atoms with Crippen molar-refractivity contribution < 1.29 is 52.4 Å². The first-order valence-corrected chi connectivity index (χ1v) is 15.9. The van der Waals surface area contributed by atoms with E-state index in [1.807, 2.05) is 13.8 Å². The molecule has 1 saturated heterocycles. The number of alkyl carbamates (subject to hydrolysis) is 1. The number of nitrogens with one attached hydrogen (secondary N) is 2. The number of thiocarbonyl (C=S) groups is 1. The van der Waals surface area contributed by atoms with Gasteiger partial charge < -0.3 is 39.1 Å². The summed E-state index contributed by atoms with van der Waals surface area (Å²) < 4.78 is 30.6. The third-order valence-corrected chi connectivity index (χ3v) is 6.59. The van der Waals surface area contributed by atoms with E-state index in [1.165, 1.54) is 18.7 Å². The fourth-order valence-corrected chi connectivity index (χ4v) is 4.37. The van der Waals surface area contributed by atoms with Crippen LogP contribution in [0.2, 0.25) is 0 Å². The van der Waals surface area contributed by atoms with E-state index in [0.29, 0.717) is 63.5 Å². The van der Waals surface area contributed by atoms with Crippen molar-refractivity contribution in [1.82, 2.24) is 20.4 Å². The second kappa shape index (κ2) is 27.9. The molecular formula is C27H48N4O11S2. The molecule has 0 bridgehead atoms. The summed E-state index contributed by atoms with van der Waals surface area (Å²) in [6.45, 7) is 11.5. The van der Waals surface area contributed by atoms with Crippen molar-refractivity contribution in [1.29, 1.82) is 0 Å². The van der Waals surface area contributed by atoms with E-state index in [2.05, 4.69) is 10.6 Å². The zero-order valence-corrected chi connectivity index (χ0v) is 27.9. The van der Waals surface area contributed by atoms with Crippen molar-refractivity contribution in [2.24, 2.45) is 0 Å². The van der Waals surface area contributed by atoms with E-state index in [1.54, 1.807) is 16.7 Å². The van der Waals surface area contributed by atoms with Gasteiger partial charge >= 0.3 is 18.0 Å². The second-order valence-electron chi connectivity index (χ2n) is 8.81. The van der Waals surface area contributed by atoms with Crippen molar-refractivity contribution in [2.45, 2.75) is 34.1 Å². The van der Waals surface area contributed by atoms with Crippen LogP contribution in [-0.2, 0) is 47.6 Å². The van der Waals surface area contributed by atoms with E-state index in [-0.39, 0.29) is 57.4 Å².